The number of nitrogens with zero attached hydrogens (tertiary/aromatic N) is 2. The molecule has 2 aromatic rings. The van der Waals surface area contributed by atoms with Crippen LogP contribution in [-0.2, 0) is 4.79 Å². The summed E-state index contributed by atoms with van der Waals surface area (Å²) in [5, 5.41) is 0. The van der Waals surface area contributed by atoms with E-state index in [9.17, 15) is 4.79 Å². The van der Waals surface area contributed by atoms with Crippen molar-refractivity contribution in [1.82, 2.24) is 9.80 Å². The SMILES string of the molecule is COc1ccc(OCCCC(=O)N2CCN(C)C[C@@H]2c2ccccc2)cc1. The molecule has 1 heterocycles. The van der Waals surface area contributed by atoms with Crippen molar-refractivity contribution in [2.45, 2.75) is 18.9 Å². The fourth-order valence-corrected chi connectivity index (χ4v) is 3.41. The number of methoxy groups -OCH3 is 1. The number of ether oxygens (including phenoxy) is 2. The van der Waals surface area contributed by atoms with Gasteiger partial charge in [0, 0.05) is 26.1 Å². The molecule has 1 saturated heterocycles. The van der Waals surface area contributed by atoms with Crippen LogP contribution in [0.4, 0.5) is 0 Å². The Bertz CT molecular complexity index is 718. The Kier molecular flexibility index (Phi) is 6.71. The van der Waals surface area contributed by atoms with Gasteiger partial charge in [0.15, 0.2) is 0 Å². The van der Waals surface area contributed by atoms with E-state index < -0.39 is 0 Å². The van der Waals surface area contributed by atoms with Crippen LogP contribution in [0.1, 0.15) is 24.4 Å². The molecule has 0 saturated carbocycles. The standard InChI is InChI=1S/C22H28N2O3/c1-23-14-15-24(21(17-23)18-7-4-3-5-8-18)22(25)9-6-16-27-20-12-10-19(26-2)11-13-20/h3-5,7-8,10-13,21H,6,9,14-17H2,1-2H3/t21-/m1/s1. The number of benzene rings is 2. The molecular weight excluding hydrogens is 340 g/mol. The molecule has 1 aliphatic heterocycles. The third-order valence-electron chi connectivity index (χ3n) is 4.95. The number of piperazine rings is 1. The van der Waals surface area contributed by atoms with Crippen molar-refractivity contribution >= 4 is 5.91 Å². The lowest BCUT2D eigenvalue weighted by Crippen LogP contribution is -2.49. The minimum atomic E-state index is 0.125. The van der Waals surface area contributed by atoms with Gasteiger partial charge in [-0.25, -0.2) is 0 Å². The highest BCUT2D eigenvalue weighted by Gasteiger charge is 2.29. The van der Waals surface area contributed by atoms with E-state index in [1.807, 2.05) is 47.4 Å². The van der Waals surface area contributed by atoms with Crippen LogP contribution in [-0.4, -0.2) is 56.1 Å². The number of carbonyl (C=O) groups excluding carboxylic acids is 1. The van der Waals surface area contributed by atoms with Crippen molar-refractivity contribution in [1.29, 1.82) is 0 Å². The summed E-state index contributed by atoms with van der Waals surface area (Å²) in [6.45, 7) is 3.09. The Labute approximate surface area is 161 Å². The quantitative estimate of drug-likeness (QED) is 0.703. The van der Waals surface area contributed by atoms with Gasteiger partial charge < -0.3 is 19.3 Å². The monoisotopic (exact) mass is 368 g/mol. The second-order valence-electron chi connectivity index (χ2n) is 6.90. The predicted octanol–water partition coefficient (Wildman–Crippen LogP) is 3.37. The molecule has 0 aromatic heterocycles. The zero-order valence-electron chi connectivity index (χ0n) is 16.1. The average molecular weight is 368 g/mol. The van der Waals surface area contributed by atoms with E-state index in [-0.39, 0.29) is 11.9 Å². The second kappa shape index (κ2) is 9.42. The molecule has 1 fully saturated rings. The first-order valence-electron chi connectivity index (χ1n) is 9.47. The van der Waals surface area contributed by atoms with Gasteiger partial charge in [0.1, 0.15) is 11.5 Å². The fourth-order valence-electron chi connectivity index (χ4n) is 3.41. The Morgan fingerprint density at radius 3 is 2.44 bits per heavy atom. The maximum Gasteiger partial charge on any atom is 0.223 e. The topological polar surface area (TPSA) is 42.0 Å². The third kappa shape index (κ3) is 5.23. The molecule has 0 radical (unpaired) electrons. The number of carbonyl (C=O) groups is 1. The van der Waals surface area contributed by atoms with E-state index in [0.717, 1.165) is 31.1 Å². The maximum absolute atomic E-state index is 12.8. The summed E-state index contributed by atoms with van der Waals surface area (Å²) >= 11 is 0. The predicted molar refractivity (Wildman–Crippen MR) is 106 cm³/mol. The minimum absolute atomic E-state index is 0.125. The van der Waals surface area contributed by atoms with Crippen LogP contribution in [0.25, 0.3) is 0 Å². The first-order valence-corrected chi connectivity index (χ1v) is 9.47. The van der Waals surface area contributed by atoms with Crippen molar-refractivity contribution in [3.63, 3.8) is 0 Å². The molecule has 144 valence electrons. The molecule has 1 atom stereocenters. The van der Waals surface area contributed by atoms with Crippen LogP contribution in [0.2, 0.25) is 0 Å². The summed E-state index contributed by atoms with van der Waals surface area (Å²) in [7, 11) is 3.75. The number of hydrogen-bond acceptors (Lipinski definition) is 4. The number of likely N-dealkylation sites (N-methyl/N-ethyl adjacent to an activating group) is 1. The van der Waals surface area contributed by atoms with Crippen molar-refractivity contribution < 1.29 is 14.3 Å². The van der Waals surface area contributed by atoms with Gasteiger partial charge in [-0.05, 0) is 43.3 Å². The lowest BCUT2D eigenvalue weighted by molar-refractivity contribution is -0.136. The van der Waals surface area contributed by atoms with Gasteiger partial charge in [0.2, 0.25) is 5.91 Å². The summed E-state index contributed by atoms with van der Waals surface area (Å²) in [6, 6.07) is 17.9. The summed E-state index contributed by atoms with van der Waals surface area (Å²) in [5.74, 6) is 1.81. The molecule has 0 bridgehead atoms. The Hall–Kier alpha value is -2.53. The van der Waals surface area contributed by atoms with Crippen LogP contribution >= 0.6 is 0 Å². The van der Waals surface area contributed by atoms with Crippen molar-refractivity contribution in [3.8, 4) is 11.5 Å². The highest BCUT2D eigenvalue weighted by molar-refractivity contribution is 5.77. The second-order valence-corrected chi connectivity index (χ2v) is 6.90. The van der Waals surface area contributed by atoms with E-state index in [0.29, 0.717) is 19.4 Å². The first kappa shape index (κ1) is 19.2. The van der Waals surface area contributed by atoms with Crippen molar-refractivity contribution in [2.75, 3.05) is 40.4 Å². The highest BCUT2D eigenvalue weighted by atomic mass is 16.5. The molecule has 5 heteroatoms. The molecule has 0 unspecified atom stereocenters. The van der Waals surface area contributed by atoms with Gasteiger partial charge in [0.25, 0.3) is 0 Å². The Balaban J connectivity index is 1.51. The van der Waals surface area contributed by atoms with Gasteiger partial charge in [-0.3, -0.25) is 4.79 Å². The van der Waals surface area contributed by atoms with E-state index in [1.54, 1.807) is 7.11 Å². The molecule has 0 aliphatic carbocycles. The Morgan fingerprint density at radius 1 is 1.04 bits per heavy atom. The van der Waals surface area contributed by atoms with Crippen LogP contribution < -0.4 is 9.47 Å². The van der Waals surface area contributed by atoms with E-state index >= 15 is 0 Å². The van der Waals surface area contributed by atoms with E-state index in [1.165, 1.54) is 5.56 Å². The molecule has 27 heavy (non-hydrogen) atoms. The summed E-state index contributed by atoms with van der Waals surface area (Å²) in [5.41, 5.74) is 1.20. The zero-order valence-corrected chi connectivity index (χ0v) is 16.1. The van der Waals surface area contributed by atoms with Crippen LogP contribution in [0, 0.1) is 0 Å². The third-order valence-corrected chi connectivity index (χ3v) is 4.95. The number of amides is 1. The minimum Gasteiger partial charge on any atom is -0.497 e. The van der Waals surface area contributed by atoms with Crippen LogP contribution in [0.3, 0.4) is 0 Å². The zero-order chi connectivity index (χ0) is 19.1. The number of hydrogen-bond donors (Lipinski definition) is 0. The molecule has 5 nitrogen and oxygen atoms in total. The molecule has 3 rings (SSSR count). The largest absolute Gasteiger partial charge is 0.497 e. The molecule has 1 amide bonds. The highest BCUT2D eigenvalue weighted by Crippen LogP contribution is 2.25. The molecule has 1 aliphatic rings. The van der Waals surface area contributed by atoms with Crippen molar-refractivity contribution in [2.24, 2.45) is 0 Å². The van der Waals surface area contributed by atoms with Crippen LogP contribution in [0.15, 0.2) is 54.6 Å². The Morgan fingerprint density at radius 2 is 1.74 bits per heavy atom. The van der Waals surface area contributed by atoms with E-state index in [2.05, 4.69) is 24.1 Å². The van der Waals surface area contributed by atoms with Crippen LogP contribution in [0.5, 0.6) is 11.5 Å². The fraction of sp³-hybridized carbons (Fsp3) is 0.409. The molecule has 2 aromatic carbocycles. The number of rotatable bonds is 7. The van der Waals surface area contributed by atoms with Gasteiger partial charge in [0.05, 0.1) is 19.8 Å². The lowest BCUT2D eigenvalue weighted by Gasteiger charge is -2.40. The molecular formula is C22H28N2O3. The smallest absolute Gasteiger partial charge is 0.223 e. The van der Waals surface area contributed by atoms with Gasteiger partial charge in [-0.15, -0.1) is 0 Å². The lowest BCUT2D eigenvalue weighted by atomic mass is 10.0. The average Bonchev–Trinajstić information content (AvgIpc) is 2.72. The molecule has 0 N–H and O–H groups in total. The van der Waals surface area contributed by atoms with Gasteiger partial charge >= 0.3 is 0 Å². The van der Waals surface area contributed by atoms with Crippen molar-refractivity contribution in [3.05, 3.63) is 60.2 Å². The maximum atomic E-state index is 12.8. The summed E-state index contributed by atoms with van der Waals surface area (Å²) < 4.78 is 10.9. The van der Waals surface area contributed by atoms with Gasteiger partial charge in [-0.2, -0.15) is 0 Å². The van der Waals surface area contributed by atoms with Gasteiger partial charge in [-0.1, -0.05) is 30.3 Å². The molecule has 0 spiro atoms. The first-order chi connectivity index (χ1) is 13.2. The van der Waals surface area contributed by atoms with E-state index in [4.69, 9.17) is 9.47 Å². The normalized spacial score (nSPS) is 17.6. The summed E-state index contributed by atoms with van der Waals surface area (Å²) in [6.07, 6.45) is 1.21. The summed E-state index contributed by atoms with van der Waals surface area (Å²) in [4.78, 5) is 17.1.